The van der Waals surface area contributed by atoms with E-state index in [0.29, 0.717) is 16.8 Å². The molecule has 0 unspecified atom stereocenters. The van der Waals surface area contributed by atoms with Gasteiger partial charge < -0.3 is 0 Å². The summed E-state index contributed by atoms with van der Waals surface area (Å²) in [7, 11) is 0. The second-order valence-corrected chi connectivity index (χ2v) is 6.17. The van der Waals surface area contributed by atoms with Crippen molar-refractivity contribution in [2.24, 2.45) is 0 Å². The van der Waals surface area contributed by atoms with Gasteiger partial charge in [-0.1, -0.05) is 29.8 Å². The Balaban J connectivity index is 1.71. The molecule has 2 N–H and O–H groups in total. The van der Waals surface area contributed by atoms with E-state index in [9.17, 15) is 9.59 Å². The third-order valence-electron chi connectivity index (χ3n) is 4.10. The minimum Gasteiger partial charge on any atom is -0.267 e. The fourth-order valence-electron chi connectivity index (χ4n) is 2.61. The smallest absolute Gasteiger partial charge is 0.267 e. The summed E-state index contributed by atoms with van der Waals surface area (Å²) in [6, 6.07) is 14.9. The zero-order valence-electron chi connectivity index (χ0n) is 14.9. The lowest BCUT2D eigenvalue weighted by Crippen LogP contribution is -2.41. The Labute approximate surface area is 151 Å². The van der Waals surface area contributed by atoms with Crippen LogP contribution in [0.4, 0.5) is 0 Å². The molecule has 0 aliphatic heterocycles. The van der Waals surface area contributed by atoms with E-state index in [-0.39, 0.29) is 5.91 Å². The highest BCUT2D eigenvalue weighted by atomic mass is 16.2. The van der Waals surface area contributed by atoms with Crippen molar-refractivity contribution < 1.29 is 9.59 Å². The molecule has 0 aliphatic rings. The lowest BCUT2D eigenvalue weighted by atomic mass is 10.1. The monoisotopic (exact) mass is 348 g/mol. The molecule has 0 bridgehead atoms. The lowest BCUT2D eigenvalue weighted by Gasteiger charge is -2.08. The van der Waals surface area contributed by atoms with Crippen LogP contribution in [0.2, 0.25) is 0 Å². The van der Waals surface area contributed by atoms with Crippen molar-refractivity contribution in [3.05, 3.63) is 82.7 Å². The summed E-state index contributed by atoms with van der Waals surface area (Å²) in [5.41, 5.74) is 9.47. The average molecular weight is 348 g/mol. The van der Waals surface area contributed by atoms with Crippen LogP contribution in [0.5, 0.6) is 0 Å². The molecule has 0 atom stereocenters. The molecule has 1 heterocycles. The Morgan fingerprint density at radius 1 is 0.885 bits per heavy atom. The van der Waals surface area contributed by atoms with Crippen LogP contribution >= 0.6 is 0 Å². The molecule has 6 nitrogen and oxygen atoms in total. The maximum absolute atomic E-state index is 12.4. The van der Waals surface area contributed by atoms with Crippen LogP contribution in [0, 0.1) is 20.8 Å². The van der Waals surface area contributed by atoms with E-state index < -0.39 is 5.91 Å². The van der Waals surface area contributed by atoms with E-state index in [4.69, 9.17) is 0 Å². The van der Waals surface area contributed by atoms with E-state index in [2.05, 4.69) is 16.0 Å². The quantitative estimate of drug-likeness (QED) is 0.715. The summed E-state index contributed by atoms with van der Waals surface area (Å²) in [6.07, 6.45) is 1.49. The van der Waals surface area contributed by atoms with E-state index in [1.165, 1.54) is 6.20 Å². The number of amides is 2. The first-order valence-corrected chi connectivity index (χ1v) is 8.25. The number of aromatic nitrogens is 2. The van der Waals surface area contributed by atoms with E-state index in [1.54, 1.807) is 16.8 Å². The minimum absolute atomic E-state index is 0.373. The van der Waals surface area contributed by atoms with Crippen molar-refractivity contribution >= 4 is 11.8 Å². The first-order chi connectivity index (χ1) is 12.5. The number of hydrogen-bond acceptors (Lipinski definition) is 3. The highest BCUT2D eigenvalue weighted by molar-refractivity contribution is 5.99. The van der Waals surface area contributed by atoms with Gasteiger partial charge in [0.25, 0.3) is 11.8 Å². The third kappa shape index (κ3) is 3.64. The van der Waals surface area contributed by atoms with E-state index in [1.807, 2.05) is 57.2 Å². The number of carbonyl (C=O) groups is 2. The second-order valence-electron chi connectivity index (χ2n) is 6.17. The molecule has 3 rings (SSSR count). The predicted octanol–water partition coefficient (Wildman–Crippen LogP) is 2.87. The van der Waals surface area contributed by atoms with E-state index >= 15 is 0 Å². The maximum Gasteiger partial charge on any atom is 0.273 e. The highest BCUT2D eigenvalue weighted by Gasteiger charge is 2.16. The Kier molecular flexibility index (Phi) is 4.84. The fourth-order valence-corrected chi connectivity index (χ4v) is 2.61. The third-order valence-corrected chi connectivity index (χ3v) is 4.10. The Hall–Kier alpha value is -3.41. The number of nitrogens with zero attached hydrogens (tertiary/aromatic N) is 2. The molecule has 6 heteroatoms. The molecule has 132 valence electrons. The lowest BCUT2D eigenvalue weighted by molar-refractivity contribution is 0.0846. The van der Waals surface area contributed by atoms with Gasteiger partial charge in [0.15, 0.2) is 0 Å². The van der Waals surface area contributed by atoms with Gasteiger partial charge in [-0.05, 0) is 50.6 Å². The van der Waals surface area contributed by atoms with Crippen molar-refractivity contribution in [2.45, 2.75) is 20.8 Å². The summed E-state index contributed by atoms with van der Waals surface area (Å²) in [4.78, 5) is 24.5. The van der Waals surface area contributed by atoms with Gasteiger partial charge >= 0.3 is 0 Å². The Morgan fingerprint density at radius 3 is 2.27 bits per heavy atom. The number of nitrogens with one attached hydrogen (secondary N) is 2. The van der Waals surface area contributed by atoms with Gasteiger partial charge in [0, 0.05) is 5.56 Å². The summed E-state index contributed by atoms with van der Waals surface area (Å²) < 4.78 is 1.70. The molecule has 1 aromatic heterocycles. The van der Waals surface area contributed by atoms with Gasteiger partial charge in [-0.3, -0.25) is 20.4 Å². The molecule has 0 fully saturated rings. The predicted molar refractivity (Wildman–Crippen MR) is 99.1 cm³/mol. The summed E-state index contributed by atoms with van der Waals surface area (Å²) in [6.45, 7) is 5.75. The molecule has 2 amide bonds. The number of rotatable bonds is 3. The number of benzene rings is 2. The van der Waals surface area contributed by atoms with Crippen LogP contribution in [0.15, 0.2) is 54.7 Å². The highest BCUT2D eigenvalue weighted by Crippen LogP contribution is 2.15. The van der Waals surface area contributed by atoms with Crippen LogP contribution in [-0.4, -0.2) is 21.6 Å². The zero-order chi connectivity index (χ0) is 18.7. The summed E-state index contributed by atoms with van der Waals surface area (Å²) >= 11 is 0. The fraction of sp³-hybridized carbons (Fsp3) is 0.150. The summed E-state index contributed by atoms with van der Waals surface area (Å²) in [5, 5.41) is 4.29. The number of aryl methyl sites for hydroxylation is 2. The van der Waals surface area contributed by atoms with Crippen molar-refractivity contribution in [3.63, 3.8) is 0 Å². The molecular formula is C20H20N4O2. The molecule has 0 aliphatic carbocycles. The maximum atomic E-state index is 12.4. The molecule has 26 heavy (non-hydrogen) atoms. The zero-order valence-corrected chi connectivity index (χ0v) is 14.9. The van der Waals surface area contributed by atoms with Crippen molar-refractivity contribution in [1.29, 1.82) is 0 Å². The topological polar surface area (TPSA) is 76.0 Å². The van der Waals surface area contributed by atoms with Crippen molar-refractivity contribution in [1.82, 2.24) is 20.6 Å². The van der Waals surface area contributed by atoms with Crippen molar-refractivity contribution in [2.75, 3.05) is 0 Å². The molecule has 0 saturated carbocycles. The van der Waals surface area contributed by atoms with Gasteiger partial charge in [0.1, 0.15) is 0 Å². The Bertz CT molecular complexity index is 958. The number of carbonyl (C=O) groups excluding carboxylic acids is 2. The van der Waals surface area contributed by atoms with Crippen LogP contribution in [0.3, 0.4) is 0 Å². The molecule has 0 spiro atoms. The van der Waals surface area contributed by atoms with Gasteiger partial charge in [-0.2, -0.15) is 5.10 Å². The molecule has 3 aromatic rings. The molecule has 0 saturated heterocycles. The SMILES string of the molecule is Cc1ccc(C(=O)NNC(=O)c2cnn(-c3cccc(C)c3)c2C)cc1. The van der Waals surface area contributed by atoms with Gasteiger partial charge in [0.05, 0.1) is 23.1 Å². The standard InChI is InChI=1S/C20H20N4O2/c1-13-7-9-16(10-8-13)19(25)22-23-20(26)18-12-21-24(15(18)3)17-6-4-5-14(2)11-17/h4-12H,1-3H3,(H,22,25)(H,23,26). The van der Waals surface area contributed by atoms with Crippen LogP contribution in [0.1, 0.15) is 37.5 Å². The van der Waals surface area contributed by atoms with Crippen LogP contribution in [0.25, 0.3) is 5.69 Å². The van der Waals surface area contributed by atoms with Crippen LogP contribution < -0.4 is 10.9 Å². The molecule has 2 aromatic carbocycles. The molecular weight excluding hydrogens is 328 g/mol. The van der Waals surface area contributed by atoms with Crippen molar-refractivity contribution in [3.8, 4) is 5.69 Å². The Morgan fingerprint density at radius 2 is 1.58 bits per heavy atom. The summed E-state index contributed by atoms with van der Waals surface area (Å²) in [5.74, 6) is -0.788. The van der Waals surface area contributed by atoms with Crippen LogP contribution in [-0.2, 0) is 0 Å². The normalized spacial score (nSPS) is 10.4. The van der Waals surface area contributed by atoms with E-state index in [0.717, 1.165) is 16.8 Å². The minimum atomic E-state index is -0.415. The largest absolute Gasteiger partial charge is 0.273 e. The number of hydrogen-bond donors (Lipinski definition) is 2. The van der Waals surface area contributed by atoms with Gasteiger partial charge in [-0.15, -0.1) is 0 Å². The molecule has 0 radical (unpaired) electrons. The van der Waals surface area contributed by atoms with Gasteiger partial charge in [-0.25, -0.2) is 4.68 Å². The number of hydrazine groups is 1. The second kappa shape index (κ2) is 7.23. The van der Waals surface area contributed by atoms with Gasteiger partial charge in [0.2, 0.25) is 0 Å². The average Bonchev–Trinajstić information content (AvgIpc) is 3.01. The first-order valence-electron chi connectivity index (χ1n) is 8.25. The first kappa shape index (κ1) is 17.4.